The summed E-state index contributed by atoms with van der Waals surface area (Å²) < 4.78 is 6.50. The summed E-state index contributed by atoms with van der Waals surface area (Å²) >= 11 is 0. The second kappa shape index (κ2) is 6.86. The third kappa shape index (κ3) is 3.45. The van der Waals surface area contributed by atoms with Gasteiger partial charge < -0.3 is 10.1 Å². The van der Waals surface area contributed by atoms with Crippen LogP contribution in [0.2, 0.25) is 0 Å². The van der Waals surface area contributed by atoms with Crippen molar-refractivity contribution in [3.63, 3.8) is 0 Å². The highest BCUT2D eigenvalue weighted by molar-refractivity contribution is 5.19. The molecule has 0 saturated heterocycles. The number of aromatic nitrogens is 2. The summed E-state index contributed by atoms with van der Waals surface area (Å²) in [4.78, 5) is 11.9. The molecule has 2 rings (SSSR count). The van der Waals surface area contributed by atoms with Crippen molar-refractivity contribution in [2.75, 3.05) is 13.7 Å². The van der Waals surface area contributed by atoms with Gasteiger partial charge in [0.2, 0.25) is 5.88 Å². The second-order valence-corrected chi connectivity index (χ2v) is 4.42. The van der Waals surface area contributed by atoms with Crippen molar-refractivity contribution >= 4 is 0 Å². The van der Waals surface area contributed by atoms with Gasteiger partial charge in [0, 0.05) is 12.1 Å². The molecule has 1 heterocycles. The summed E-state index contributed by atoms with van der Waals surface area (Å²) in [7, 11) is 1.54. The molecule has 0 radical (unpaired) electrons. The van der Waals surface area contributed by atoms with Crippen LogP contribution in [0.3, 0.4) is 0 Å². The van der Waals surface area contributed by atoms with Crippen molar-refractivity contribution in [1.29, 1.82) is 0 Å². The molecule has 1 aromatic carbocycles. The number of hydrogen-bond acceptors (Lipinski definition) is 4. The predicted octanol–water partition coefficient (Wildman–Crippen LogP) is 1.60. The molecule has 2 aromatic rings. The molecule has 5 nitrogen and oxygen atoms in total. The fourth-order valence-corrected chi connectivity index (χ4v) is 2.06. The van der Waals surface area contributed by atoms with Crippen molar-refractivity contribution in [3.8, 4) is 5.88 Å². The normalized spacial score (nSPS) is 12.1. The van der Waals surface area contributed by atoms with Crippen LogP contribution in [0.25, 0.3) is 0 Å². The molecule has 0 bridgehead atoms. The summed E-state index contributed by atoms with van der Waals surface area (Å²) in [6, 6.07) is 13.1. The molecule has 1 atom stereocenters. The highest BCUT2D eigenvalue weighted by Crippen LogP contribution is 2.14. The largest absolute Gasteiger partial charge is 0.480 e. The van der Waals surface area contributed by atoms with E-state index in [2.05, 4.69) is 10.4 Å². The number of ether oxygens (including phenoxy) is 1. The molecule has 1 aromatic heterocycles. The molecule has 106 valence electrons. The Morgan fingerprint density at radius 3 is 2.65 bits per heavy atom. The van der Waals surface area contributed by atoms with Gasteiger partial charge in [-0.3, -0.25) is 4.79 Å². The Balaban J connectivity index is 2.26. The molecule has 0 amide bonds. The van der Waals surface area contributed by atoms with Crippen LogP contribution >= 0.6 is 0 Å². The predicted molar refractivity (Wildman–Crippen MR) is 77.9 cm³/mol. The standard InChI is InChI=1S/C15H19N3O2/c1-3-16-13(12-7-5-4-6-8-12)11-18-15(19)10-9-14(17-18)20-2/h4-10,13,16H,3,11H2,1-2H3. The van der Waals surface area contributed by atoms with Gasteiger partial charge >= 0.3 is 0 Å². The van der Waals surface area contributed by atoms with E-state index in [0.29, 0.717) is 12.4 Å². The first kappa shape index (κ1) is 14.3. The number of nitrogens with one attached hydrogen (secondary N) is 1. The fourth-order valence-electron chi connectivity index (χ4n) is 2.06. The van der Waals surface area contributed by atoms with Crippen LogP contribution < -0.4 is 15.6 Å². The molecule has 1 unspecified atom stereocenters. The summed E-state index contributed by atoms with van der Waals surface area (Å²) in [6.45, 7) is 3.32. The average Bonchev–Trinajstić information content (AvgIpc) is 2.49. The number of nitrogens with zero attached hydrogens (tertiary/aromatic N) is 2. The first-order chi connectivity index (χ1) is 9.74. The summed E-state index contributed by atoms with van der Waals surface area (Å²) in [5, 5.41) is 7.55. The van der Waals surface area contributed by atoms with Crippen molar-refractivity contribution in [1.82, 2.24) is 15.1 Å². The fraction of sp³-hybridized carbons (Fsp3) is 0.333. The van der Waals surface area contributed by atoms with Crippen LogP contribution in [0.15, 0.2) is 47.3 Å². The van der Waals surface area contributed by atoms with Crippen molar-refractivity contribution in [2.45, 2.75) is 19.5 Å². The van der Waals surface area contributed by atoms with Gasteiger partial charge in [0.05, 0.1) is 19.7 Å². The van der Waals surface area contributed by atoms with E-state index in [1.807, 2.05) is 37.3 Å². The van der Waals surface area contributed by atoms with E-state index in [9.17, 15) is 4.79 Å². The number of methoxy groups -OCH3 is 1. The number of rotatable bonds is 6. The van der Waals surface area contributed by atoms with Crippen molar-refractivity contribution in [3.05, 3.63) is 58.4 Å². The van der Waals surface area contributed by atoms with E-state index in [0.717, 1.165) is 12.1 Å². The Kier molecular flexibility index (Phi) is 4.90. The quantitative estimate of drug-likeness (QED) is 0.868. The average molecular weight is 273 g/mol. The maximum absolute atomic E-state index is 11.9. The number of likely N-dealkylation sites (N-methyl/N-ethyl adjacent to an activating group) is 1. The molecular formula is C15H19N3O2. The summed E-state index contributed by atoms with van der Waals surface area (Å²) in [5.41, 5.74) is 0.996. The van der Waals surface area contributed by atoms with Gasteiger partial charge in [0.15, 0.2) is 0 Å². The van der Waals surface area contributed by atoms with Gasteiger partial charge in [0.1, 0.15) is 0 Å². The van der Waals surface area contributed by atoms with E-state index in [-0.39, 0.29) is 11.6 Å². The van der Waals surface area contributed by atoms with Crippen molar-refractivity contribution in [2.24, 2.45) is 0 Å². The monoisotopic (exact) mass is 273 g/mol. The van der Waals surface area contributed by atoms with Gasteiger partial charge in [-0.1, -0.05) is 37.3 Å². The third-order valence-corrected chi connectivity index (χ3v) is 3.06. The molecule has 0 spiro atoms. The zero-order valence-electron chi connectivity index (χ0n) is 11.7. The third-order valence-electron chi connectivity index (χ3n) is 3.06. The molecule has 0 fully saturated rings. The van der Waals surface area contributed by atoms with Crippen LogP contribution in [0.5, 0.6) is 5.88 Å². The Morgan fingerprint density at radius 1 is 1.25 bits per heavy atom. The summed E-state index contributed by atoms with van der Waals surface area (Å²) in [5.74, 6) is 0.438. The first-order valence-corrected chi connectivity index (χ1v) is 6.65. The Hall–Kier alpha value is -2.14. The highest BCUT2D eigenvalue weighted by atomic mass is 16.5. The minimum Gasteiger partial charge on any atom is -0.480 e. The lowest BCUT2D eigenvalue weighted by atomic mass is 10.1. The Morgan fingerprint density at radius 2 is 2.00 bits per heavy atom. The van der Waals surface area contributed by atoms with E-state index in [4.69, 9.17) is 4.74 Å². The SMILES string of the molecule is CCNC(Cn1nc(OC)ccc1=O)c1ccccc1. The van der Waals surface area contributed by atoms with Gasteiger partial charge in [-0.05, 0) is 12.1 Å². The van der Waals surface area contributed by atoms with Crippen LogP contribution in [-0.2, 0) is 6.54 Å². The van der Waals surface area contributed by atoms with Gasteiger partial charge in [0.25, 0.3) is 5.56 Å². The van der Waals surface area contributed by atoms with Crippen LogP contribution in [-0.4, -0.2) is 23.4 Å². The minimum absolute atomic E-state index is 0.0403. The maximum Gasteiger partial charge on any atom is 0.267 e. The van der Waals surface area contributed by atoms with Gasteiger partial charge in [-0.15, -0.1) is 5.10 Å². The summed E-state index contributed by atoms with van der Waals surface area (Å²) in [6.07, 6.45) is 0. The lowest BCUT2D eigenvalue weighted by Crippen LogP contribution is -2.31. The lowest BCUT2D eigenvalue weighted by molar-refractivity contribution is 0.361. The maximum atomic E-state index is 11.9. The first-order valence-electron chi connectivity index (χ1n) is 6.65. The van der Waals surface area contributed by atoms with E-state index in [1.54, 1.807) is 6.07 Å². The zero-order chi connectivity index (χ0) is 14.4. The highest BCUT2D eigenvalue weighted by Gasteiger charge is 2.12. The van der Waals surface area contributed by atoms with E-state index >= 15 is 0 Å². The molecule has 0 aliphatic heterocycles. The molecule has 0 aliphatic rings. The zero-order valence-corrected chi connectivity index (χ0v) is 11.7. The minimum atomic E-state index is -0.135. The number of hydrogen-bond donors (Lipinski definition) is 1. The van der Waals surface area contributed by atoms with Gasteiger partial charge in [-0.2, -0.15) is 0 Å². The Bertz CT molecular complexity index is 596. The molecule has 0 aliphatic carbocycles. The van der Waals surface area contributed by atoms with E-state index in [1.165, 1.54) is 17.9 Å². The second-order valence-electron chi connectivity index (χ2n) is 4.42. The molecule has 1 N–H and O–H groups in total. The van der Waals surface area contributed by atoms with Crippen LogP contribution in [0, 0.1) is 0 Å². The molecular weight excluding hydrogens is 254 g/mol. The Labute approximate surface area is 118 Å². The van der Waals surface area contributed by atoms with Gasteiger partial charge in [-0.25, -0.2) is 4.68 Å². The lowest BCUT2D eigenvalue weighted by Gasteiger charge is -2.19. The molecule has 5 heteroatoms. The van der Waals surface area contributed by atoms with Crippen molar-refractivity contribution < 1.29 is 4.74 Å². The topological polar surface area (TPSA) is 56.1 Å². The smallest absolute Gasteiger partial charge is 0.267 e. The van der Waals surface area contributed by atoms with E-state index < -0.39 is 0 Å². The van der Waals surface area contributed by atoms with Crippen LogP contribution in [0.1, 0.15) is 18.5 Å². The molecule has 0 saturated carbocycles. The van der Waals surface area contributed by atoms with Crippen LogP contribution in [0.4, 0.5) is 0 Å². The molecule has 20 heavy (non-hydrogen) atoms. The number of benzene rings is 1.